The van der Waals surface area contributed by atoms with E-state index in [1.165, 1.54) is 16.2 Å². The molecule has 5 heteroatoms. The molecule has 0 aliphatic carbocycles. The fourth-order valence-electron chi connectivity index (χ4n) is 7.28. The van der Waals surface area contributed by atoms with Gasteiger partial charge in [0.15, 0.2) is 17.5 Å². The quantitative estimate of drug-likeness (QED) is 0.188. The Morgan fingerprint density at radius 1 is 0.280 bits per heavy atom. The zero-order chi connectivity index (χ0) is 33.0. The van der Waals surface area contributed by atoms with Gasteiger partial charge in [-0.25, -0.2) is 15.0 Å². The molecule has 0 atom stereocenters. The van der Waals surface area contributed by atoms with Crippen molar-refractivity contribution in [3.8, 4) is 45.5 Å². The Labute approximate surface area is 288 Å². The molecule has 0 fully saturated rings. The molecule has 0 spiro atoms. The molecule has 10 rings (SSSR count). The molecule has 0 aliphatic heterocycles. The molecular weight excluding hydrogens is 611 g/mol. The molecule has 0 saturated carbocycles. The maximum Gasteiger partial charge on any atom is 0.164 e. The molecule has 50 heavy (non-hydrogen) atoms. The average Bonchev–Trinajstić information content (AvgIpc) is 3.71. The van der Waals surface area contributed by atoms with Crippen LogP contribution in [0.15, 0.2) is 176 Å². The summed E-state index contributed by atoms with van der Waals surface area (Å²) in [7, 11) is 0. The fraction of sp³-hybridized carbons (Fsp3) is 0. The first-order chi connectivity index (χ1) is 24.8. The minimum Gasteiger partial charge on any atom is -0.309 e. The first-order valence-corrected chi connectivity index (χ1v) is 16.8. The van der Waals surface area contributed by atoms with Crippen LogP contribution in [0.5, 0.6) is 0 Å². The molecule has 5 nitrogen and oxygen atoms in total. The van der Waals surface area contributed by atoms with Gasteiger partial charge >= 0.3 is 0 Å². The maximum absolute atomic E-state index is 5.18. The fourth-order valence-corrected chi connectivity index (χ4v) is 7.28. The van der Waals surface area contributed by atoms with E-state index < -0.39 is 0 Å². The van der Waals surface area contributed by atoms with Gasteiger partial charge in [-0.15, -0.1) is 0 Å². The summed E-state index contributed by atoms with van der Waals surface area (Å²) < 4.78 is 4.65. The average molecular weight is 640 g/mol. The minimum absolute atomic E-state index is 0.632. The summed E-state index contributed by atoms with van der Waals surface area (Å²) in [6.07, 6.45) is 0. The number of fused-ring (bicyclic) bond motifs is 6. The van der Waals surface area contributed by atoms with Crippen molar-refractivity contribution < 1.29 is 0 Å². The maximum atomic E-state index is 5.18. The van der Waals surface area contributed by atoms with Crippen molar-refractivity contribution in [1.82, 2.24) is 24.1 Å². The van der Waals surface area contributed by atoms with Crippen LogP contribution in [-0.2, 0) is 0 Å². The molecule has 0 N–H and O–H groups in total. The lowest BCUT2D eigenvalue weighted by atomic mass is 10.1. The SMILES string of the molecule is c1ccc(-c2nc(-c3ccc4c(c3)c3ccccc3n4-c3ccccc3)nc(-c3ccc4c5ccccc5n(-c5ccccc5)c4c3)n2)cc1. The van der Waals surface area contributed by atoms with Crippen molar-refractivity contribution in [2.24, 2.45) is 0 Å². The highest BCUT2D eigenvalue weighted by atomic mass is 15.0. The lowest BCUT2D eigenvalue weighted by Gasteiger charge is -2.11. The highest BCUT2D eigenvalue weighted by Crippen LogP contribution is 2.37. The Balaban J connectivity index is 1.19. The Kier molecular flexibility index (Phi) is 6.42. The first-order valence-electron chi connectivity index (χ1n) is 16.8. The molecular formula is C45H29N5. The largest absolute Gasteiger partial charge is 0.309 e. The predicted octanol–water partition coefficient (Wildman–Crippen LogP) is 11.1. The van der Waals surface area contributed by atoms with Crippen LogP contribution >= 0.6 is 0 Å². The van der Waals surface area contributed by atoms with Crippen molar-refractivity contribution in [1.29, 1.82) is 0 Å². The van der Waals surface area contributed by atoms with Crippen LogP contribution in [0.3, 0.4) is 0 Å². The highest BCUT2D eigenvalue weighted by molar-refractivity contribution is 6.11. The second-order valence-electron chi connectivity index (χ2n) is 12.5. The molecule has 0 amide bonds. The molecule has 0 unspecified atom stereocenters. The number of hydrogen-bond donors (Lipinski definition) is 0. The van der Waals surface area contributed by atoms with Crippen LogP contribution in [0.2, 0.25) is 0 Å². The Morgan fingerprint density at radius 3 is 1.32 bits per heavy atom. The van der Waals surface area contributed by atoms with Gasteiger partial charge in [-0.3, -0.25) is 0 Å². The van der Waals surface area contributed by atoms with Crippen molar-refractivity contribution in [3.05, 3.63) is 176 Å². The van der Waals surface area contributed by atoms with Crippen LogP contribution in [0, 0.1) is 0 Å². The van der Waals surface area contributed by atoms with Gasteiger partial charge in [0.2, 0.25) is 0 Å². The highest BCUT2D eigenvalue weighted by Gasteiger charge is 2.18. The summed E-state index contributed by atoms with van der Waals surface area (Å²) in [6.45, 7) is 0. The van der Waals surface area contributed by atoms with Crippen LogP contribution in [0.1, 0.15) is 0 Å². The lowest BCUT2D eigenvalue weighted by molar-refractivity contribution is 1.07. The van der Waals surface area contributed by atoms with Crippen LogP contribution in [0.25, 0.3) is 89.2 Å². The van der Waals surface area contributed by atoms with Crippen molar-refractivity contribution in [3.63, 3.8) is 0 Å². The standard InChI is InChI=1S/C45H29N5/c1-4-14-30(15-5-1)43-46-44(31-25-27-41-38(28-31)36-21-11-13-23-40(36)49(41)33-16-6-2-7-17-33)48-45(47-43)32-24-26-37-35-20-10-12-22-39(35)50(42(37)29-32)34-18-8-3-9-19-34/h1-29H. The first kappa shape index (κ1) is 28.2. The molecule has 3 heterocycles. The summed E-state index contributed by atoms with van der Waals surface area (Å²) in [6, 6.07) is 61.4. The summed E-state index contributed by atoms with van der Waals surface area (Å²) >= 11 is 0. The summed E-state index contributed by atoms with van der Waals surface area (Å²) in [5.74, 6) is 1.91. The number of hydrogen-bond acceptors (Lipinski definition) is 3. The normalized spacial score (nSPS) is 11.6. The summed E-state index contributed by atoms with van der Waals surface area (Å²) in [4.78, 5) is 15.3. The van der Waals surface area contributed by atoms with E-state index in [4.69, 9.17) is 15.0 Å². The van der Waals surface area contributed by atoms with Gasteiger partial charge in [0.1, 0.15) is 0 Å². The number of benzene rings is 7. The molecule has 0 bridgehead atoms. The topological polar surface area (TPSA) is 48.5 Å². The second kappa shape index (κ2) is 11.4. The zero-order valence-electron chi connectivity index (χ0n) is 27.0. The van der Waals surface area contributed by atoms with Gasteiger partial charge < -0.3 is 9.13 Å². The van der Waals surface area contributed by atoms with Gasteiger partial charge in [0.05, 0.1) is 22.1 Å². The van der Waals surface area contributed by atoms with E-state index in [1.807, 2.05) is 18.2 Å². The lowest BCUT2D eigenvalue weighted by Crippen LogP contribution is -2.00. The van der Waals surface area contributed by atoms with E-state index in [9.17, 15) is 0 Å². The van der Waals surface area contributed by atoms with Gasteiger partial charge in [0.25, 0.3) is 0 Å². The molecule has 3 aromatic heterocycles. The molecule has 10 aromatic rings. The number of aromatic nitrogens is 5. The van der Waals surface area contributed by atoms with E-state index >= 15 is 0 Å². The van der Waals surface area contributed by atoms with Crippen LogP contribution in [-0.4, -0.2) is 24.1 Å². The molecule has 0 aliphatic rings. The number of para-hydroxylation sites is 4. The van der Waals surface area contributed by atoms with E-state index in [-0.39, 0.29) is 0 Å². The second-order valence-corrected chi connectivity index (χ2v) is 12.5. The third-order valence-electron chi connectivity index (χ3n) is 9.56. The van der Waals surface area contributed by atoms with E-state index in [0.717, 1.165) is 55.5 Å². The van der Waals surface area contributed by atoms with Gasteiger partial charge in [0, 0.05) is 49.6 Å². The minimum atomic E-state index is 0.632. The van der Waals surface area contributed by atoms with Crippen molar-refractivity contribution in [2.75, 3.05) is 0 Å². The Hall–Kier alpha value is -6.85. The predicted molar refractivity (Wildman–Crippen MR) is 205 cm³/mol. The van der Waals surface area contributed by atoms with Gasteiger partial charge in [-0.2, -0.15) is 0 Å². The summed E-state index contributed by atoms with van der Waals surface area (Å²) in [5, 5.41) is 4.73. The molecule has 0 radical (unpaired) electrons. The monoisotopic (exact) mass is 639 g/mol. The molecule has 0 saturated heterocycles. The smallest absolute Gasteiger partial charge is 0.164 e. The van der Waals surface area contributed by atoms with E-state index in [2.05, 4.69) is 167 Å². The van der Waals surface area contributed by atoms with Crippen LogP contribution < -0.4 is 0 Å². The third-order valence-corrected chi connectivity index (χ3v) is 9.56. The summed E-state index contributed by atoms with van der Waals surface area (Å²) in [5.41, 5.74) is 9.62. The van der Waals surface area contributed by atoms with Crippen molar-refractivity contribution in [2.45, 2.75) is 0 Å². The molecule has 7 aromatic carbocycles. The van der Waals surface area contributed by atoms with E-state index in [1.54, 1.807) is 0 Å². The van der Waals surface area contributed by atoms with Crippen LogP contribution in [0.4, 0.5) is 0 Å². The third kappa shape index (κ3) is 4.52. The van der Waals surface area contributed by atoms with Crippen molar-refractivity contribution >= 4 is 43.6 Å². The van der Waals surface area contributed by atoms with Gasteiger partial charge in [-0.05, 0) is 60.7 Å². The number of nitrogens with zero attached hydrogens (tertiary/aromatic N) is 5. The van der Waals surface area contributed by atoms with E-state index in [0.29, 0.717) is 17.5 Å². The van der Waals surface area contributed by atoms with Gasteiger partial charge in [-0.1, -0.05) is 115 Å². The molecule has 234 valence electrons. The zero-order valence-corrected chi connectivity index (χ0v) is 27.0. The Morgan fingerprint density at radius 2 is 0.700 bits per heavy atom. The Bertz CT molecular complexity index is 2850. The number of rotatable bonds is 5.